The zero-order valence-electron chi connectivity index (χ0n) is 12.5. The molecule has 0 aliphatic carbocycles. The molecular formula is C14H23N3O2S. The third kappa shape index (κ3) is 3.13. The monoisotopic (exact) mass is 297 g/mol. The lowest BCUT2D eigenvalue weighted by Gasteiger charge is -2.16. The first kappa shape index (κ1) is 15.3. The van der Waals surface area contributed by atoms with Crippen LogP contribution in [-0.2, 0) is 10.0 Å². The number of likely N-dealkylation sites (N-methyl/N-ethyl adjacent to an activating group) is 1. The molecule has 1 fully saturated rings. The maximum absolute atomic E-state index is 12.1. The van der Waals surface area contributed by atoms with Gasteiger partial charge < -0.3 is 10.2 Å². The number of hydrogen-bond acceptors (Lipinski definition) is 4. The van der Waals surface area contributed by atoms with Crippen molar-refractivity contribution in [3.8, 4) is 0 Å². The van der Waals surface area contributed by atoms with Gasteiger partial charge in [0.1, 0.15) is 0 Å². The molecule has 1 aliphatic heterocycles. The Hall–Kier alpha value is -1.11. The fraction of sp³-hybridized carbons (Fsp3) is 0.571. The average Bonchev–Trinajstić information content (AvgIpc) is 2.68. The maximum Gasteiger partial charge on any atom is 0.242 e. The van der Waals surface area contributed by atoms with Gasteiger partial charge in [-0.2, -0.15) is 0 Å². The van der Waals surface area contributed by atoms with Gasteiger partial charge in [-0.15, -0.1) is 0 Å². The van der Waals surface area contributed by atoms with Crippen LogP contribution in [0.2, 0.25) is 0 Å². The van der Waals surface area contributed by atoms with E-state index in [1.165, 1.54) is 4.31 Å². The van der Waals surface area contributed by atoms with Gasteiger partial charge in [0.15, 0.2) is 0 Å². The Morgan fingerprint density at radius 3 is 2.60 bits per heavy atom. The van der Waals surface area contributed by atoms with Crippen LogP contribution in [0.1, 0.15) is 13.3 Å². The van der Waals surface area contributed by atoms with Crippen molar-refractivity contribution in [2.24, 2.45) is 0 Å². The zero-order valence-corrected chi connectivity index (χ0v) is 13.3. The molecule has 0 spiro atoms. The molecule has 5 nitrogen and oxygen atoms in total. The Morgan fingerprint density at radius 1 is 1.35 bits per heavy atom. The van der Waals surface area contributed by atoms with E-state index in [2.05, 4.69) is 24.2 Å². The molecule has 0 bridgehead atoms. The van der Waals surface area contributed by atoms with Gasteiger partial charge in [-0.1, -0.05) is 6.07 Å². The molecule has 0 aromatic heterocycles. The van der Waals surface area contributed by atoms with E-state index in [-0.39, 0.29) is 0 Å². The van der Waals surface area contributed by atoms with Gasteiger partial charge >= 0.3 is 0 Å². The van der Waals surface area contributed by atoms with Crippen molar-refractivity contribution in [2.75, 3.05) is 33.0 Å². The predicted octanol–water partition coefficient (Wildman–Crippen LogP) is 1.44. The number of likely N-dealkylation sites (tertiary alicyclic amines) is 1. The second kappa shape index (κ2) is 5.71. The summed E-state index contributed by atoms with van der Waals surface area (Å²) >= 11 is 0. The first-order valence-electron chi connectivity index (χ1n) is 6.80. The molecule has 112 valence electrons. The topological polar surface area (TPSA) is 52.7 Å². The lowest BCUT2D eigenvalue weighted by molar-refractivity contribution is 0.330. The van der Waals surface area contributed by atoms with Crippen molar-refractivity contribution in [1.82, 2.24) is 9.21 Å². The molecule has 2 rings (SSSR count). The number of hydrogen-bond donors (Lipinski definition) is 1. The second-order valence-corrected chi connectivity index (χ2v) is 7.83. The fourth-order valence-corrected chi connectivity index (χ4v) is 3.44. The first-order chi connectivity index (χ1) is 9.30. The van der Waals surface area contributed by atoms with Crippen LogP contribution in [0, 0.1) is 0 Å². The van der Waals surface area contributed by atoms with Crippen LogP contribution >= 0.6 is 0 Å². The minimum Gasteiger partial charge on any atom is -0.381 e. The van der Waals surface area contributed by atoms with E-state index in [0.29, 0.717) is 17.0 Å². The molecule has 2 unspecified atom stereocenters. The maximum atomic E-state index is 12.1. The van der Waals surface area contributed by atoms with Gasteiger partial charge in [0.05, 0.1) is 4.90 Å². The molecule has 1 aromatic carbocycles. The molecule has 1 aromatic rings. The zero-order chi connectivity index (χ0) is 14.9. The Kier molecular flexibility index (Phi) is 4.36. The summed E-state index contributed by atoms with van der Waals surface area (Å²) in [4.78, 5) is 2.63. The highest BCUT2D eigenvalue weighted by Gasteiger charge is 2.26. The Bertz CT molecular complexity index is 562. The van der Waals surface area contributed by atoms with E-state index >= 15 is 0 Å². The summed E-state index contributed by atoms with van der Waals surface area (Å²) in [6.45, 7) is 3.18. The van der Waals surface area contributed by atoms with Crippen LogP contribution < -0.4 is 5.32 Å². The summed E-state index contributed by atoms with van der Waals surface area (Å²) < 4.78 is 25.5. The largest absolute Gasteiger partial charge is 0.381 e. The first-order valence-corrected chi connectivity index (χ1v) is 8.24. The van der Waals surface area contributed by atoms with Crippen LogP contribution in [-0.4, -0.2) is 57.4 Å². The Labute approximate surface area is 121 Å². The van der Waals surface area contributed by atoms with E-state index in [1.54, 1.807) is 32.3 Å². The quantitative estimate of drug-likeness (QED) is 0.914. The number of benzene rings is 1. The van der Waals surface area contributed by atoms with E-state index < -0.39 is 10.0 Å². The van der Waals surface area contributed by atoms with Crippen LogP contribution in [0.25, 0.3) is 0 Å². The fourth-order valence-electron chi connectivity index (χ4n) is 2.49. The number of nitrogens with zero attached hydrogens (tertiary/aromatic N) is 2. The lowest BCUT2D eigenvalue weighted by Crippen LogP contribution is -2.25. The summed E-state index contributed by atoms with van der Waals surface area (Å²) in [7, 11) is 1.83. The molecule has 0 amide bonds. The van der Waals surface area contributed by atoms with Crippen molar-refractivity contribution in [1.29, 1.82) is 0 Å². The third-order valence-corrected chi connectivity index (χ3v) is 5.68. The molecule has 1 saturated heterocycles. The predicted molar refractivity (Wildman–Crippen MR) is 81.4 cm³/mol. The van der Waals surface area contributed by atoms with E-state index in [1.807, 2.05) is 6.07 Å². The number of rotatable bonds is 4. The van der Waals surface area contributed by atoms with Crippen molar-refractivity contribution in [2.45, 2.75) is 30.3 Å². The van der Waals surface area contributed by atoms with E-state index in [4.69, 9.17) is 0 Å². The molecule has 1 heterocycles. The van der Waals surface area contributed by atoms with Gasteiger partial charge in [-0.05, 0) is 38.6 Å². The van der Waals surface area contributed by atoms with Crippen molar-refractivity contribution < 1.29 is 8.42 Å². The van der Waals surface area contributed by atoms with Crippen molar-refractivity contribution >= 4 is 15.7 Å². The average molecular weight is 297 g/mol. The summed E-state index contributed by atoms with van der Waals surface area (Å²) in [6, 6.07) is 7.95. The Balaban J connectivity index is 2.15. The number of sulfonamides is 1. The Morgan fingerprint density at radius 2 is 2.05 bits per heavy atom. The summed E-state index contributed by atoms with van der Waals surface area (Å²) in [5.74, 6) is 0. The highest BCUT2D eigenvalue weighted by Crippen LogP contribution is 2.22. The second-order valence-electron chi connectivity index (χ2n) is 5.68. The van der Waals surface area contributed by atoms with Gasteiger partial charge in [0.2, 0.25) is 10.0 Å². The van der Waals surface area contributed by atoms with Crippen molar-refractivity contribution in [3.63, 3.8) is 0 Å². The minimum absolute atomic E-state index is 0.326. The molecule has 0 radical (unpaired) electrons. The molecule has 2 atom stereocenters. The van der Waals surface area contributed by atoms with Crippen LogP contribution in [0.5, 0.6) is 0 Å². The third-order valence-electron chi connectivity index (χ3n) is 3.87. The molecular weight excluding hydrogens is 274 g/mol. The van der Waals surface area contributed by atoms with E-state index in [9.17, 15) is 8.42 Å². The highest BCUT2D eigenvalue weighted by molar-refractivity contribution is 7.89. The van der Waals surface area contributed by atoms with Crippen LogP contribution in [0.15, 0.2) is 29.2 Å². The molecule has 1 N–H and O–H groups in total. The minimum atomic E-state index is -3.37. The molecule has 6 heteroatoms. The van der Waals surface area contributed by atoms with Crippen LogP contribution in [0.3, 0.4) is 0 Å². The van der Waals surface area contributed by atoms with Gasteiger partial charge in [-0.3, -0.25) is 0 Å². The number of nitrogens with one attached hydrogen (secondary N) is 1. The van der Waals surface area contributed by atoms with Crippen molar-refractivity contribution in [3.05, 3.63) is 24.3 Å². The SMILES string of the molecule is CC1CC(Nc2cccc(S(=O)(=O)N(C)C)c2)CN1C. The number of anilines is 1. The van der Waals surface area contributed by atoms with Gasteiger partial charge in [0.25, 0.3) is 0 Å². The smallest absolute Gasteiger partial charge is 0.242 e. The summed E-state index contributed by atoms with van der Waals surface area (Å²) in [5, 5.41) is 3.43. The van der Waals surface area contributed by atoms with Crippen LogP contribution in [0.4, 0.5) is 5.69 Å². The lowest BCUT2D eigenvalue weighted by atomic mass is 10.2. The highest BCUT2D eigenvalue weighted by atomic mass is 32.2. The molecule has 20 heavy (non-hydrogen) atoms. The standard InChI is InChI=1S/C14H23N3O2S/c1-11-8-13(10-17(11)4)15-12-6-5-7-14(9-12)20(18,19)16(2)3/h5-7,9,11,13,15H,8,10H2,1-4H3. The normalized spacial score (nSPS) is 24.2. The summed E-state index contributed by atoms with van der Waals surface area (Å²) in [5.41, 5.74) is 0.862. The molecule has 1 aliphatic rings. The van der Waals surface area contributed by atoms with Gasteiger partial charge in [-0.25, -0.2) is 12.7 Å². The molecule has 0 saturated carbocycles. The van der Waals surface area contributed by atoms with E-state index in [0.717, 1.165) is 18.7 Å². The van der Waals surface area contributed by atoms with Gasteiger partial charge in [0, 0.05) is 38.4 Å². The summed E-state index contributed by atoms with van der Waals surface area (Å²) in [6.07, 6.45) is 1.07.